The highest BCUT2D eigenvalue weighted by molar-refractivity contribution is 9.10. The van der Waals surface area contributed by atoms with Crippen LogP contribution in [0.25, 0.3) is 0 Å². The molecule has 0 saturated heterocycles. The van der Waals surface area contributed by atoms with E-state index >= 15 is 0 Å². The van der Waals surface area contributed by atoms with Crippen LogP contribution in [0.2, 0.25) is 0 Å². The summed E-state index contributed by atoms with van der Waals surface area (Å²) in [5, 5.41) is 0. The Hall–Kier alpha value is -1.000. The molecule has 0 fully saturated rings. The zero-order chi connectivity index (χ0) is 13.1. The van der Waals surface area contributed by atoms with Crippen LogP contribution in [0.1, 0.15) is 11.1 Å². The van der Waals surface area contributed by atoms with Crippen LogP contribution in [0.15, 0.2) is 45.3 Å². The third-order valence-electron chi connectivity index (χ3n) is 2.56. The van der Waals surface area contributed by atoms with Gasteiger partial charge in [0.15, 0.2) is 0 Å². The molecule has 0 spiro atoms. The molecule has 0 aliphatic carbocycles. The topological polar surface area (TPSA) is 35.2 Å². The zero-order valence-corrected chi connectivity index (χ0v) is 13.1. The molecule has 0 radical (unpaired) electrons. The highest BCUT2D eigenvalue weighted by Gasteiger charge is 2.06. The van der Waals surface area contributed by atoms with Crippen molar-refractivity contribution in [3.8, 4) is 5.75 Å². The highest BCUT2D eigenvalue weighted by Crippen LogP contribution is 2.30. The number of halogens is 2. The number of aryl methyl sites for hydroxylation is 1. The van der Waals surface area contributed by atoms with Gasteiger partial charge in [0.25, 0.3) is 0 Å². The Morgan fingerprint density at radius 3 is 2.33 bits per heavy atom. The van der Waals surface area contributed by atoms with E-state index in [4.69, 9.17) is 10.5 Å². The minimum absolute atomic E-state index is 0.514. The van der Waals surface area contributed by atoms with E-state index < -0.39 is 0 Å². The first kappa shape index (κ1) is 13.4. The second-order valence-electron chi connectivity index (χ2n) is 4.06. The van der Waals surface area contributed by atoms with Crippen LogP contribution < -0.4 is 10.5 Å². The number of rotatable bonds is 3. The summed E-state index contributed by atoms with van der Waals surface area (Å²) in [5.74, 6) is 0.751. The fourth-order valence-electron chi connectivity index (χ4n) is 1.69. The molecule has 0 bridgehead atoms. The van der Waals surface area contributed by atoms with Gasteiger partial charge in [0, 0.05) is 8.95 Å². The molecule has 2 nitrogen and oxygen atoms in total. The molecule has 0 unspecified atom stereocenters. The molecule has 2 rings (SSSR count). The van der Waals surface area contributed by atoms with Crippen LogP contribution in [0.5, 0.6) is 5.75 Å². The van der Waals surface area contributed by atoms with Gasteiger partial charge in [-0.15, -0.1) is 0 Å². The predicted molar refractivity (Wildman–Crippen MR) is 81.8 cm³/mol. The molecule has 0 amide bonds. The third-order valence-corrected chi connectivity index (χ3v) is 3.55. The van der Waals surface area contributed by atoms with Gasteiger partial charge < -0.3 is 10.5 Å². The maximum Gasteiger partial charge on any atom is 0.145 e. The average Bonchev–Trinajstić information content (AvgIpc) is 2.30. The monoisotopic (exact) mass is 369 g/mol. The summed E-state index contributed by atoms with van der Waals surface area (Å²) >= 11 is 6.82. The number of hydrogen-bond acceptors (Lipinski definition) is 2. The van der Waals surface area contributed by atoms with Crippen LogP contribution in [0.4, 0.5) is 5.69 Å². The minimum atomic E-state index is 0.514. The van der Waals surface area contributed by atoms with E-state index in [1.807, 2.05) is 43.3 Å². The molecule has 94 valence electrons. The summed E-state index contributed by atoms with van der Waals surface area (Å²) in [6.07, 6.45) is 0. The van der Waals surface area contributed by atoms with Crippen molar-refractivity contribution in [1.82, 2.24) is 0 Å². The Balaban J connectivity index is 2.13. The second kappa shape index (κ2) is 5.76. The van der Waals surface area contributed by atoms with Gasteiger partial charge in [0.05, 0.1) is 5.69 Å². The summed E-state index contributed by atoms with van der Waals surface area (Å²) in [4.78, 5) is 0. The van der Waals surface area contributed by atoms with Crippen LogP contribution >= 0.6 is 31.9 Å². The summed E-state index contributed by atoms with van der Waals surface area (Å²) < 4.78 is 7.81. The quantitative estimate of drug-likeness (QED) is 0.796. The van der Waals surface area contributed by atoms with Gasteiger partial charge in [-0.3, -0.25) is 0 Å². The van der Waals surface area contributed by atoms with E-state index in [2.05, 4.69) is 31.9 Å². The second-order valence-corrected chi connectivity index (χ2v) is 5.89. The molecule has 0 heterocycles. The Morgan fingerprint density at radius 1 is 1.06 bits per heavy atom. The summed E-state index contributed by atoms with van der Waals surface area (Å²) in [5.41, 5.74) is 8.74. The largest absolute Gasteiger partial charge is 0.486 e. The molecule has 2 aromatic carbocycles. The molecule has 0 atom stereocenters. The standard InChI is InChI=1S/C14H13Br2NO/c1-9-6-12(16)7-13(17)14(9)18-8-10-2-4-11(15)5-3-10/h2-7H,8,17H2,1H3. The van der Waals surface area contributed by atoms with Crippen molar-refractivity contribution in [2.24, 2.45) is 0 Å². The molecule has 4 heteroatoms. The first-order valence-electron chi connectivity index (χ1n) is 5.49. The average molecular weight is 371 g/mol. The molecule has 2 N–H and O–H groups in total. The first-order chi connectivity index (χ1) is 8.56. The van der Waals surface area contributed by atoms with E-state index in [1.165, 1.54) is 0 Å². The smallest absolute Gasteiger partial charge is 0.145 e. The van der Waals surface area contributed by atoms with E-state index in [-0.39, 0.29) is 0 Å². The van der Waals surface area contributed by atoms with Crippen molar-refractivity contribution in [1.29, 1.82) is 0 Å². The highest BCUT2D eigenvalue weighted by atomic mass is 79.9. The number of nitrogen functional groups attached to an aromatic ring is 1. The Labute approximate surface area is 123 Å². The van der Waals surface area contributed by atoms with Crippen LogP contribution in [0.3, 0.4) is 0 Å². The lowest BCUT2D eigenvalue weighted by molar-refractivity contribution is 0.306. The molecule has 2 aromatic rings. The van der Waals surface area contributed by atoms with Crippen molar-refractivity contribution < 1.29 is 4.74 Å². The SMILES string of the molecule is Cc1cc(Br)cc(N)c1OCc1ccc(Br)cc1. The van der Waals surface area contributed by atoms with Gasteiger partial charge in [0.1, 0.15) is 12.4 Å². The van der Waals surface area contributed by atoms with E-state index in [1.54, 1.807) is 0 Å². The van der Waals surface area contributed by atoms with Gasteiger partial charge in [-0.25, -0.2) is 0 Å². The first-order valence-corrected chi connectivity index (χ1v) is 7.08. The lowest BCUT2D eigenvalue weighted by Gasteiger charge is -2.12. The lowest BCUT2D eigenvalue weighted by atomic mass is 10.2. The molecule has 0 aromatic heterocycles. The van der Waals surface area contributed by atoms with Gasteiger partial charge in [-0.2, -0.15) is 0 Å². The fraction of sp³-hybridized carbons (Fsp3) is 0.143. The van der Waals surface area contributed by atoms with Crippen molar-refractivity contribution in [3.63, 3.8) is 0 Å². The normalized spacial score (nSPS) is 10.4. The summed E-state index contributed by atoms with van der Waals surface area (Å²) in [6.45, 7) is 2.50. The number of anilines is 1. The maximum absolute atomic E-state index is 5.95. The van der Waals surface area contributed by atoms with Gasteiger partial charge in [-0.05, 0) is 42.3 Å². The van der Waals surface area contributed by atoms with E-state index in [9.17, 15) is 0 Å². The van der Waals surface area contributed by atoms with Crippen molar-refractivity contribution in [2.75, 3.05) is 5.73 Å². The molecule has 0 aliphatic heterocycles. The van der Waals surface area contributed by atoms with Gasteiger partial charge in [0.2, 0.25) is 0 Å². The number of hydrogen-bond donors (Lipinski definition) is 1. The van der Waals surface area contributed by atoms with Crippen LogP contribution in [-0.2, 0) is 6.61 Å². The fourth-order valence-corrected chi connectivity index (χ4v) is 2.54. The predicted octanol–water partition coefficient (Wildman–Crippen LogP) is 4.68. The summed E-state index contributed by atoms with van der Waals surface area (Å²) in [6, 6.07) is 11.9. The molecule has 0 saturated carbocycles. The van der Waals surface area contributed by atoms with E-state index in [0.717, 1.165) is 25.8 Å². The van der Waals surface area contributed by atoms with Gasteiger partial charge >= 0.3 is 0 Å². The molecular formula is C14H13Br2NO. The van der Waals surface area contributed by atoms with Crippen molar-refractivity contribution >= 4 is 37.5 Å². The van der Waals surface area contributed by atoms with E-state index in [0.29, 0.717) is 12.3 Å². The van der Waals surface area contributed by atoms with Crippen LogP contribution in [0, 0.1) is 6.92 Å². The maximum atomic E-state index is 5.95. The Bertz CT molecular complexity index is 529. The summed E-state index contributed by atoms with van der Waals surface area (Å²) in [7, 11) is 0. The lowest BCUT2D eigenvalue weighted by Crippen LogP contribution is -2.00. The van der Waals surface area contributed by atoms with Crippen LogP contribution in [-0.4, -0.2) is 0 Å². The third kappa shape index (κ3) is 3.27. The number of benzene rings is 2. The number of nitrogens with two attached hydrogens (primary N) is 1. The molecule has 18 heavy (non-hydrogen) atoms. The molecule has 0 aliphatic rings. The van der Waals surface area contributed by atoms with Crippen molar-refractivity contribution in [3.05, 3.63) is 56.5 Å². The zero-order valence-electron chi connectivity index (χ0n) is 9.91. The number of ether oxygens (including phenoxy) is 1. The Kier molecular flexibility index (Phi) is 4.30. The van der Waals surface area contributed by atoms with Gasteiger partial charge in [-0.1, -0.05) is 44.0 Å². The molecular weight excluding hydrogens is 358 g/mol. The Morgan fingerprint density at radius 2 is 1.72 bits per heavy atom. The minimum Gasteiger partial charge on any atom is -0.486 e. The van der Waals surface area contributed by atoms with Crippen molar-refractivity contribution in [2.45, 2.75) is 13.5 Å².